The minimum atomic E-state index is -0.733. The van der Waals surface area contributed by atoms with Gasteiger partial charge in [-0.05, 0) is 75.2 Å². The van der Waals surface area contributed by atoms with Crippen LogP contribution in [0, 0.1) is 11.2 Å². The van der Waals surface area contributed by atoms with E-state index < -0.39 is 11.2 Å². The first-order chi connectivity index (χ1) is 19.8. The van der Waals surface area contributed by atoms with Crippen molar-refractivity contribution in [3.05, 3.63) is 72.1 Å². The molecule has 4 N–H and O–H groups in total. The molecule has 2 heterocycles. The highest BCUT2D eigenvalue weighted by Gasteiger charge is 2.40. The summed E-state index contributed by atoms with van der Waals surface area (Å²) in [7, 11) is 0. The van der Waals surface area contributed by atoms with Gasteiger partial charge in [0.05, 0.1) is 24.1 Å². The Balaban J connectivity index is 1.36. The van der Waals surface area contributed by atoms with E-state index in [4.69, 9.17) is 4.74 Å². The van der Waals surface area contributed by atoms with Gasteiger partial charge in [0.2, 0.25) is 17.7 Å². The summed E-state index contributed by atoms with van der Waals surface area (Å²) >= 11 is 0. The van der Waals surface area contributed by atoms with E-state index in [0.29, 0.717) is 68.9 Å². The lowest BCUT2D eigenvalue weighted by atomic mass is 9.74. The Morgan fingerprint density at radius 3 is 2.56 bits per heavy atom. The predicted octanol–water partition coefficient (Wildman–Crippen LogP) is 2.24. The van der Waals surface area contributed by atoms with Crippen LogP contribution in [0.1, 0.15) is 36.0 Å². The molecule has 11 heteroatoms. The Hall–Kier alpha value is -4.25. The van der Waals surface area contributed by atoms with Crippen LogP contribution in [0.5, 0.6) is 5.75 Å². The lowest BCUT2D eigenvalue weighted by molar-refractivity contribution is -0.134. The van der Waals surface area contributed by atoms with Crippen LogP contribution in [0.2, 0.25) is 0 Å². The minimum Gasteiger partial charge on any atom is -0.491 e. The number of hydrogen-bond donors (Lipinski definition) is 4. The van der Waals surface area contributed by atoms with Crippen LogP contribution in [-0.4, -0.2) is 74.4 Å². The van der Waals surface area contributed by atoms with Crippen LogP contribution in [0.25, 0.3) is 0 Å². The number of likely N-dealkylation sites (tertiary alicyclic amines) is 1. The number of nitrogens with one attached hydrogen (secondary N) is 4. The summed E-state index contributed by atoms with van der Waals surface area (Å²) in [5.41, 5.74) is 0.0598. The summed E-state index contributed by atoms with van der Waals surface area (Å²) in [5, 5.41) is 11.3. The van der Waals surface area contributed by atoms with Gasteiger partial charge in [-0.1, -0.05) is 24.3 Å². The Bertz CT molecular complexity index is 1280. The zero-order valence-electron chi connectivity index (χ0n) is 22.9. The van der Waals surface area contributed by atoms with Crippen molar-refractivity contribution in [2.75, 3.05) is 51.2 Å². The molecular weight excluding hydrogens is 529 g/mol. The second kappa shape index (κ2) is 14.4. The predicted molar refractivity (Wildman–Crippen MR) is 152 cm³/mol. The Morgan fingerprint density at radius 1 is 0.976 bits per heavy atom. The van der Waals surface area contributed by atoms with Gasteiger partial charge in [0.1, 0.15) is 18.2 Å². The number of hydrogen-bond acceptors (Lipinski definition) is 6. The number of benzene rings is 2. The van der Waals surface area contributed by atoms with Crippen molar-refractivity contribution in [3.8, 4) is 5.75 Å². The largest absolute Gasteiger partial charge is 0.491 e. The summed E-state index contributed by atoms with van der Waals surface area (Å²) in [6.07, 6.45) is 5.06. The van der Waals surface area contributed by atoms with E-state index in [1.807, 2.05) is 4.90 Å². The summed E-state index contributed by atoms with van der Waals surface area (Å²) in [6.45, 7) is 2.34. The van der Waals surface area contributed by atoms with E-state index in [2.05, 4.69) is 21.3 Å². The highest BCUT2D eigenvalue weighted by molar-refractivity contribution is 5.97. The molecular formula is C30H36FN5O5. The molecule has 0 unspecified atom stereocenters. The van der Waals surface area contributed by atoms with Crippen molar-refractivity contribution >= 4 is 29.3 Å². The van der Waals surface area contributed by atoms with Crippen LogP contribution in [0.4, 0.5) is 10.1 Å². The Kier molecular flexibility index (Phi) is 10.4. The van der Waals surface area contributed by atoms with Gasteiger partial charge >= 0.3 is 0 Å². The van der Waals surface area contributed by atoms with Crippen molar-refractivity contribution in [3.63, 3.8) is 0 Å². The second-order valence-electron chi connectivity index (χ2n) is 10.2. The number of carbonyl (C=O) groups is 4. The molecule has 2 aromatic rings. The van der Waals surface area contributed by atoms with Crippen LogP contribution in [0.3, 0.4) is 0 Å². The van der Waals surface area contributed by atoms with Crippen molar-refractivity contribution < 1.29 is 28.3 Å². The Morgan fingerprint density at radius 2 is 1.76 bits per heavy atom. The van der Waals surface area contributed by atoms with Gasteiger partial charge in [-0.2, -0.15) is 0 Å². The van der Waals surface area contributed by atoms with Crippen LogP contribution >= 0.6 is 0 Å². The molecule has 2 aliphatic heterocycles. The number of halogens is 1. The zero-order chi connectivity index (χ0) is 29.1. The summed E-state index contributed by atoms with van der Waals surface area (Å²) in [6, 6.07) is 12.6. The van der Waals surface area contributed by atoms with Crippen LogP contribution in [0.15, 0.2) is 60.7 Å². The average Bonchev–Trinajstić information content (AvgIpc) is 2.95. The molecule has 218 valence electrons. The third-order valence-electron chi connectivity index (χ3n) is 7.26. The molecule has 0 aliphatic carbocycles. The molecule has 2 aromatic carbocycles. The van der Waals surface area contributed by atoms with Crippen LogP contribution < -0.4 is 26.0 Å². The average molecular weight is 566 g/mol. The number of para-hydroxylation sites is 1. The summed E-state index contributed by atoms with van der Waals surface area (Å²) in [4.78, 5) is 52.9. The standard InChI is InChI=1S/C30H36FN5O5/c31-22-6-3-7-23(20-22)35-27(38)21-36-17-12-30(13-18-36)11-4-10-26(37)32-16-19-41-25-9-2-1-8-24(25)28(39)33-14-5-15-34-29(30)40/h1-4,6-10,20H,5,11-19,21H2,(H,32,37)(H,33,39)(H,34,40)(H,35,38)/b10-4+. The molecule has 0 radical (unpaired) electrons. The van der Waals surface area contributed by atoms with Gasteiger partial charge in [-0.15, -0.1) is 0 Å². The summed E-state index contributed by atoms with van der Waals surface area (Å²) in [5.74, 6) is -0.942. The monoisotopic (exact) mass is 565 g/mol. The minimum absolute atomic E-state index is 0.113. The molecule has 1 saturated heterocycles. The first-order valence-corrected chi connectivity index (χ1v) is 13.9. The number of amides is 4. The van der Waals surface area contributed by atoms with E-state index in [9.17, 15) is 23.6 Å². The van der Waals surface area contributed by atoms with Crippen molar-refractivity contribution in [1.82, 2.24) is 20.9 Å². The van der Waals surface area contributed by atoms with Gasteiger partial charge in [0, 0.05) is 18.8 Å². The molecule has 1 spiro atoms. The molecule has 1 fully saturated rings. The van der Waals surface area contributed by atoms with E-state index in [-0.39, 0.29) is 43.3 Å². The maximum Gasteiger partial charge on any atom is 0.255 e. The summed E-state index contributed by atoms with van der Waals surface area (Å²) < 4.78 is 19.2. The molecule has 4 rings (SSSR count). The van der Waals surface area contributed by atoms with Gasteiger partial charge < -0.3 is 26.0 Å². The van der Waals surface area contributed by atoms with Crippen LogP contribution in [-0.2, 0) is 14.4 Å². The molecule has 0 saturated carbocycles. The lowest BCUT2D eigenvalue weighted by Crippen LogP contribution is -2.50. The smallest absolute Gasteiger partial charge is 0.255 e. The first kappa shape index (κ1) is 29.7. The Labute approximate surface area is 238 Å². The van der Waals surface area contributed by atoms with E-state index >= 15 is 0 Å². The fraction of sp³-hybridized carbons (Fsp3) is 0.400. The van der Waals surface area contributed by atoms with Gasteiger partial charge in [-0.25, -0.2) is 4.39 Å². The highest BCUT2D eigenvalue weighted by Crippen LogP contribution is 2.36. The maximum atomic E-state index is 13.4. The third-order valence-corrected chi connectivity index (χ3v) is 7.26. The number of rotatable bonds is 3. The quantitative estimate of drug-likeness (QED) is 0.452. The molecule has 4 amide bonds. The van der Waals surface area contributed by atoms with Gasteiger partial charge in [0.15, 0.2) is 0 Å². The van der Waals surface area contributed by atoms with Gasteiger partial charge in [-0.3, -0.25) is 24.1 Å². The first-order valence-electron chi connectivity index (χ1n) is 13.9. The number of carbonyl (C=O) groups excluding carboxylic acids is 4. The van der Waals surface area contributed by atoms with Crippen molar-refractivity contribution in [2.45, 2.75) is 25.7 Å². The zero-order valence-corrected chi connectivity index (χ0v) is 22.9. The van der Waals surface area contributed by atoms with E-state index in [1.165, 1.54) is 24.3 Å². The second-order valence-corrected chi connectivity index (χ2v) is 10.2. The number of fused-ring (bicyclic) bond motifs is 1. The highest BCUT2D eigenvalue weighted by atomic mass is 19.1. The molecule has 0 aromatic heterocycles. The lowest BCUT2D eigenvalue weighted by Gasteiger charge is -2.40. The number of nitrogens with zero attached hydrogens (tertiary/aromatic N) is 1. The van der Waals surface area contributed by atoms with Crippen molar-refractivity contribution in [1.29, 1.82) is 0 Å². The molecule has 0 atom stereocenters. The molecule has 41 heavy (non-hydrogen) atoms. The van der Waals surface area contributed by atoms with Gasteiger partial charge in [0.25, 0.3) is 5.91 Å². The number of anilines is 1. The molecule has 2 aliphatic rings. The SMILES string of the molecule is O=C1/C=C/CC2(CCN(CC(=O)Nc3cccc(F)c3)CC2)C(=O)NCCCNC(=O)c2ccccc2OCCN1. The third kappa shape index (κ3) is 8.62. The maximum absolute atomic E-state index is 13.4. The molecule has 10 nitrogen and oxygen atoms in total. The fourth-order valence-corrected chi connectivity index (χ4v) is 4.97. The van der Waals surface area contributed by atoms with Crippen molar-refractivity contribution in [2.24, 2.45) is 5.41 Å². The normalized spacial score (nSPS) is 19.8. The fourth-order valence-electron chi connectivity index (χ4n) is 4.97. The number of piperidine rings is 1. The topological polar surface area (TPSA) is 129 Å². The number of allylic oxidation sites excluding steroid dienone is 1. The molecule has 0 bridgehead atoms. The van der Waals surface area contributed by atoms with E-state index in [0.717, 1.165) is 0 Å². The van der Waals surface area contributed by atoms with E-state index in [1.54, 1.807) is 36.4 Å². The number of ether oxygens (including phenoxy) is 1.